The molecule has 3 rings (SSSR count). The van der Waals surface area contributed by atoms with Gasteiger partial charge in [-0.15, -0.1) is 0 Å². The van der Waals surface area contributed by atoms with Crippen molar-refractivity contribution in [3.8, 4) is 5.75 Å². The predicted molar refractivity (Wildman–Crippen MR) is 124 cm³/mol. The molecule has 33 heavy (non-hydrogen) atoms. The van der Waals surface area contributed by atoms with Gasteiger partial charge in [-0.25, -0.2) is 8.78 Å². The average molecular weight is 453 g/mol. The molecule has 0 spiro atoms. The Bertz CT molecular complexity index is 1120. The van der Waals surface area contributed by atoms with Crippen LogP contribution in [0.1, 0.15) is 22.8 Å². The molecule has 1 atom stereocenters. The third-order valence-electron chi connectivity index (χ3n) is 4.94. The highest BCUT2D eigenvalue weighted by molar-refractivity contribution is 6.05. The van der Waals surface area contributed by atoms with Crippen molar-refractivity contribution in [3.63, 3.8) is 0 Å². The van der Waals surface area contributed by atoms with Crippen LogP contribution in [0.5, 0.6) is 5.75 Å². The number of carbonyl (C=O) groups excluding carboxylic acids is 2. The van der Waals surface area contributed by atoms with Gasteiger partial charge in [0.05, 0.1) is 12.8 Å². The first-order valence-electron chi connectivity index (χ1n) is 10.4. The Balaban J connectivity index is 1.59. The Morgan fingerprint density at radius 3 is 2.42 bits per heavy atom. The molecule has 0 aliphatic carbocycles. The minimum Gasteiger partial charge on any atom is -0.495 e. The molecule has 3 N–H and O–H groups in total. The molecule has 6 nitrogen and oxygen atoms in total. The molecule has 0 saturated heterocycles. The number of benzene rings is 3. The monoisotopic (exact) mass is 453 g/mol. The Hall–Kier alpha value is -3.94. The molecule has 2 amide bonds. The van der Waals surface area contributed by atoms with Crippen LogP contribution < -0.4 is 20.7 Å². The smallest absolute Gasteiger partial charge is 0.255 e. The van der Waals surface area contributed by atoms with Crippen LogP contribution in [0.3, 0.4) is 0 Å². The standard InChI is InChI=1S/C25H25F2N3O3/c1-16(24(31)28-13-12-17-6-8-19(26)9-7-17)29-21-10-11-23(33-2)22(15-21)30-25(32)18-4-3-5-20(27)14-18/h3-11,14-16,29H,12-13H2,1-2H3,(H,28,31)(H,30,32). The Kier molecular flexibility index (Phi) is 7.96. The number of hydrogen-bond acceptors (Lipinski definition) is 4. The number of nitrogens with one attached hydrogen (secondary N) is 3. The summed E-state index contributed by atoms with van der Waals surface area (Å²) in [6.45, 7) is 2.12. The summed E-state index contributed by atoms with van der Waals surface area (Å²) >= 11 is 0. The molecular formula is C25H25F2N3O3. The number of methoxy groups -OCH3 is 1. The van der Waals surface area contributed by atoms with Crippen molar-refractivity contribution in [1.82, 2.24) is 5.32 Å². The molecule has 0 saturated carbocycles. The first kappa shape index (κ1) is 23.7. The third kappa shape index (κ3) is 6.77. The molecule has 0 heterocycles. The minimum absolute atomic E-state index is 0.171. The molecular weight excluding hydrogens is 428 g/mol. The number of halogens is 2. The second-order valence-corrected chi connectivity index (χ2v) is 7.41. The van der Waals surface area contributed by atoms with Gasteiger partial charge in [0.2, 0.25) is 5.91 Å². The van der Waals surface area contributed by atoms with Crippen LogP contribution >= 0.6 is 0 Å². The van der Waals surface area contributed by atoms with E-state index in [9.17, 15) is 18.4 Å². The lowest BCUT2D eigenvalue weighted by molar-refractivity contribution is -0.121. The van der Waals surface area contributed by atoms with Crippen LogP contribution in [0.25, 0.3) is 0 Å². The maximum Gasteiger partial charge on any atom is 0.255 e. The summed E-state index contributed by atoms with van der Waals surface area (Å²) in [5, 5.41) is 8.63. The third-order valence-corrected chi connectivity index (χ3v) is 4.94. The summed E-state index contributed by atoms with van der Waals surface area (Å²) in [6, 6.07) is 15.9. The van der Waals surface area contributed by atoms with Gasteiger partial charge in [0, 0.05) is 17.8 Å². The molecule has 0 aromatic heterocycles. The molecule has 0 bridgehead atoms. The van der Waals surface area contributed by atoms with E-state index in [0.717, 1.165) is 11.6 Å². The van der Waals surface area contributed by atoms with Crippen LogP contribution in [-0.4, -0.2) is 31.5 Å². The van der Waals surface area contributed by atoms with E-state index in [4.69, 9.17) is 4.74 Å². The fourth-order valence-electron chi connectivity index (χ4n) is 3.17. The van der Waals surface area contributed by atoms with Crippen molar-refractivity contribution < 1.29 is 23.1 Å². The topological polar surface area (TPSA) is 79.5 Å². The maximum atomic E-state index is 13.4. The summed E-state index contributed by atoms with van der Waals surface area (Å²) in [4.78, 5) is 24.9. The van der Waals surface area contributed by atoms with E-state index in [1.54, 1.807) is 37.3 Å². The molecule has 8 heteroatoms. The highest BCUT2D eigenvalue weighted by atomic mass is 19.1. The van der Waals surface area contributed by atoms with E-state index in [1.165, 1.54) is 37.4 Å². The van der Waals surface area contributed by atoms with Gasteiger partial charge in [-0.3, -0.25) is 9.59 Å². The molecule has 0 fully saturated rings. The Labute approximate surface area is 191 Å². The van der Waals surface area contributed by atoms with Crippen molar-refractivity contribution in [3.05, 3.63) is 89.5 Å². The SMILES string of the molecule is COc1ccc(NC(C)C(=O)NCCc2ccc(F)cc2)cc1NC(=O)c1cccc(F)c1. The van der Waals surface area contributed by atoms with Gasteiger partial charge < -0.3 is 20.7 Å². The second-order valence-electron chi connectivity index (χ2n) is 7.41. The number of rotatable bonds is 9. The number of ether oxygens (including phenoxy) is 1. The summed E-state index contributed by atoms with van der Waals surface area (Å²) in [5.74, 6) is -1.09. The zero-order chi connectivity index (χ0) is 23.8. The first-order chi connectivity index (χ1) is 15.9. The van der Waals surface area contributed by atoms with E-state index >= 15 is 0 Å². The van der Waals surface area contributed by atoms with E-state index in [2.05, 4.69) is 16.0 Å². The van der Waals surface area contributed by atoms with Crippen LogP contribution in [0.2, 0.25) is 0 Å². The fraction of sp³-hybridized carbons (Fsp3) is 0.200. The Morgan fingerprint density at radius 2 is 1.73 bits per heavy atom. The van der Waals surface area contributed by atoms with Gasteiger partial charge in [-0.2, -0.15) is 0 Å². The highest BCUT2D eigenvalue weighted by Gasteiger charge is 2.15. The van der Waals surface area contributed by atoms with Crippen LogP contribution in [-0.2, 0) is 11.2 Å². The zero-order valence-electron chi connectivity index (χ0n) is 18.3. The van der Waals surface area contributed by atoms with E-state index in [0.29, 0.717) is 30.1 Å². The van der Waals surface area contributed by atoms with Gasteiger partial charge in [0.1, 0.15) is 23.4 Å². The number of carbonyl (C=O) groups is 2. The van der Waals surface area contributed by atoms with Gasteiger partial charge in [0.25, 0.3) is 5.91 Å². The zero-order valence-corrected chi connectivity index (χ0v) is 18.3. The minimum atomic E-state index is -0.557. The lowest BCUT2D eigenvalue weighted by Crippen LogP contribution is -2.38. The number of amides is 2. The summed E-state index contributed by atoms with van der Waals surface area (Å²) in [6.07, 6.45) is 0.581. The molecule has 0 aliphatic heterocycles. The second kappa shape index (κ2) is 11.1. The van der Waals surface area contributed by atoms with Gasteiger partial charge in [0.15, 0.2) is 0 Å². The van der Waals surface area contributed by atoms with Crippen molar-refractivity contribution in [1.29, 1.82) is 0 Å². The fourth-order valence-corrected chi connectivity index (χ4v) is 3.17. The van der Waals surface area contributed by atoms with Gasteiger partial charge in [-0.1, -0.05) is 18.2 Å². The number of anilines is 2. The summed E-state index contributed by atoms with van der Waals surface area (Å²) in [7, 11) is 1.47. The summed E-state index contributed by atoms with van der Waals surface area (Å²) < 4.78 is 31.7. The largest absolute Gasteiger partial charge is 0.495 e. The average Bonchev–Trinajstić information content (AvgIpc) is 2.80. The normalized spacial score (nSPS) is 11.4. The molecule has 0 radical (unpaired) electrons. The van der Waals surface area contributed by atoms with E-state index < -0.39 is 17.8 Å². The van der Waals surface area contributed by atoms with Crippen LogP contribution in [0.4, 0.5) is 20.2 Å². The molecule has 0 aliphatic rings. The molecule has 1 unspecified atom stereocenters. The van der Waals surface area contributed by atoms with Crippen molar-refractivity contribution >= 4 is 23.2 Å². The molecule has 172 valence electrons. The lowest BCUT2D eigenvalue weighted by Gasteiger charge is -2.17. The van der Waals surface area contributed by atoms with Gasteiger partial charge >= 0.3 is 0 Å². The predicted octanol–water partition coefficient (Wildman–Crippen LogP) is 4.39. The summed E-state index contributed by atoms with van der Waals surface area (Å²) in [5.41, 5.74) is 2.06. The number of hydrogen-bond donors (Lipinski definition) is 3. The molecule has 3 aromatic rings. The van der Waals surface area contributed by atoms with Crippen LogP contribution in [0.15, 0.2) is 66.7 Å². The lowest BCUT2D eigenvalue weighted by atomic mass is 10.1. The van der Waals surface area contributed by atoms with Gasteiger partial charge in [-0.05, 0) is 67.4 Å². The van der Waals surface area contributed by atoms with Crippen LogP contribution in [0, 0.1) is 11.6 Å². The van der Waals surface area contributed by atoms with E-state index in [-0.39, 0.29) is 17.3 Å². The maximum absolute atomic E-state index is 13.4. The van der Waals surface area contributed by atoms with E-state index in [1.807, 2.05) is 0 Å². The van der Waals surface area contributed by atoms with Crippen molar-refractivity contribution in [2.45, 2.75) is 19.4 Å². The first-order valence-corrected chi connectivity index (χ1v) is 10.4. The quantitative estimate of drug-likeness (QED) is 0.449. The van der Waals surface area contributed by atoms with Crippen molar-refractivity contribution in [2.75, 3.05) is 24.3 Å². The highest BCUT2D eigenvalue weighted by Crippen LogP contribution is 2.28. The van der Waals surface area contributed by atoms with Crippen molar-refractivity contribution in [2.24, 2.45) is 0 Å². The Morgan fingerprint density at radius 1 is 0.970 bits per heavy atom. The molecule has 3 aromatic carbocycles.